The summed E-state index contributed by atoms with van der Waals surface area (Å²) in [4.78, 5) is 23.8. The van der Waals surface area contributed by atoms with Gasteiger partial charge in [-0.05, 0) is 48.5 Å². The number of ketones is 1. The summed E-state index contributed by atoms with van der Waals surface area (Å²) in [5.41, 5.74) is 0.819. The van der Waals surface area contributed by atoms with Crippen LogP contribution in [0.3, 0.4) is 0 Å². The van der Waals surface area contributed by atoms with E-state index in [9.17, 15) is 22.4 Å². The van der Waals surface area contributed by atoms with Crippen LogP contribution in [0.15, 0.2) is 48.5 Å². The Morgan fingerprint density at radius 2 is 1.52 bits per heavy atom. The Kier molecular flexibility index (Phi) is 5.53. The number of carbonyl (C=O) groups excluding carboxylic acids is 2. The largest absolute Gasteiger partial charge is 0.454 e. The van der Waals surface area contributed by atoms with Crippen molar-refractivity contribution in [2.75, 3.05) is 24.2 Å². The van der Waals surface area contributed by atoms with E-state index in [1.165, 1.54) is 43.4 Å². The summed E-state index contributed by atoms with van der Waals surface area (Å²) in [5, 5.41) is 0. The van der Waals surface area contributed by atoms with E-state index in [2.05, 4.69) is 0 Å². The lowest BCUT2D eigenvalue weighted by Crippen LogP contribution is -2.24. The quantitative estimate of drug-likeness (QED) is 0.579. The van der Waals surface area contributed by atoms with E-state index in [4.69, 9.17) is 4.74 Å². The first-order valence-electron chi connectivity index (χ1n) is 7.18. The molecule has 2 aromatic rings. The van der Waals surface area contributed by atoms with Gasteiger partial charge in [0.25, 0.3) is 0 Å². The fraction of sp³-hybridized carbons (Fsp3) is 0.176. The van der Waals surface area contributed by atoms with Crippen molar-refractivity contribution >= 4 is 27.5 Å². The topological polar surface area (TPSA) is 80.8 Å². The number of carbonyl (C=O) groups is 2. The van der Waals surface area contributed by atoms with E-state index >= 15 is 0 Å². The van der Waals surface area contributed by atoms with Crippen LogP contribution in [0.5, 0.6) is 0 Å². The molecule has 8 heteroatoms. The van der Waals surface area contributed by atoms with Gasteiger partial charge in [0, 0.05) is 12.6 Å². The molecule has 0 saturated heterocycles. The molecule has 0 amide bonds. The number of esters is 1. The molecule has 0 aliphatic heterocycles. The van der Waals surface area contributed by atoms with Crippen molar-refractivity contribution in [3.8, 4) is 0 Å². The SMILES string of the molecule is CN(c1ccc(C(=O)COC(=O)c2ccc(F)cc2)cc1)S(C)(=O)=O. The normalized spacial score (nSPS) is 11.0. The molecule has 0 aromatic heterocycles. The summed E-state index contributed by atoms with van der Waals surface area (Å²) < 4.78 is 41.7. The Morgan fingerprint density at radius 1 is 1.00 bits per heavy atom. The lowest BCUT2D eigenvalue weighted by atomic mass is 10.1. The van der Waals surface area contributed by atoms with Crippen LogP contribution in [0.4, 0.5) is 10.1 Å². The van der Waals surface area contributed by atoms with E-state index < -0.39 is 34.2 Å². The van der Waals surface area contributed by atoms with Gasteiger partial charge in [-0.15, -0.1) is 0 Å². The van der Waals surface area contributed by atoms with Gasteiger partial charge in [-0.3, -0.25) is 9.10 Å². The first kappa shape index (κ1) is 18.6. The first-order valence-corrected chi connectivity index (χ1v) is 9.03. The van der Waals surface area contributed by atoms with Gasteiger partial charge < -0.3 is 4.74 Å². The Balaban J connectivity index is 1.99. The minimum Gasteiger partial charge on any atom is -0.454 e. The van der Waals surface area contributed by atoms with Crippen LogP contribution in [0.1, 0.15) is 20.7 Å². The molecule has 0 radical (unpaired) electrons. The minimum absolute atomic E-state index is 0.138. The second-order valence-corrected chi connectivity index (χ2v) is 7.30. The monoisotopic (exact) mass is 365 g/mol. The van der Waals surface area contributed by atoms with Crippen molar-refractivity contribution in [2.45, 2.75) is 0 Å². The number of halogens is 1. The fourth-order valence-corrected chi connectivity index (χ4v) is 2.44. The van der Waals surface area contributed by atoms with Gasteiger partial charge in [0.15, 0.2) is 12.4 Å². The smallest absolute Gasteiger partial charge is 0.338 e. The number of sulfonamides is 1. The molecule has 132 valence electrons. The summed E-state index contributed by atoms with van der Waals surface area (Å²) in [6, 6.07) is 10.6. The first-order chi connectivity index (χ1) is 11.7. The van der Waals surface area contributed by atoms with Gasteiger partial charge in [0.2, 0.25) is 10.0 Å². The lowest BCUT2D eigenvalue weighted by Gasteiger charge is -2.16. The van der Waals surface area contributed by atoms with Gasteiger partial charge >= 0.3 is 5.97 Å². The number of benzene rings is 2. The molecule has 0 bridgehead atoms. The molecule has 0 aliphatic carbocycles. The van der Waals surface area contributed by atoms with Crippen LogP contribution < -0.4 is 4.31 Å². The summed E-state index contributed by atoms with van der Waals surface area (Å²) in [6.07, 6.45) is 1.07. The molecule has 0 atom stereocenters. The molecular weight excluding hydrogens is 349 g/mol. The summed E-state index contributed by atoms with van der Waals surface area (Å²) in [5.74, 6) is -1.66. The molecule has 25 heavy (non-hydrogen) atoms. The highest BCUT2D eigenvalue weighted by atomic mass is 32.2. The number of hydrogen-bond acceptors (Lipinski definition) is 5. The molecule has 0 saturated carbocycles. The fourth-order valence-electron chi connectivity index (χ4n) is 1.93. The van der Waals surface area contributed by atoms with Crippen molar-refractivity contribution in [2.24, 2.45) is 0 Å². The zero-order valence-electron chi connectivity index (χ0n) is 13.6. The molecule has 2 aromatic carbocycles. The van der Waals surface area contributed by atoms with E-state index in [0.717, 1.165) is 22.7 Å². The zero-order chi connectivity index (χ0) is 18.6. The van der Waals surface area contributed by atoms with Gasteiger partial charge in [-0.2, -0.15) is 0 Å². The van der Waals surface area contributed by atoms with Crippen LogP contribution in [-0.2, 0) is 14.8 Å². The van der Waals surface area contributed by atoms with E-state index in [1.807, 2.05) is 0 Å². The van der Waals surface area contributed by atoms with Gasteiger partial charge in [-0.25, -0.2) is 17.6 Å². The molecular formula is C17H16FNO5S. The third kappa shape index (κ3) is 4.87. The zero-order valence-corrected chi connectivity index (χ0v) is 14.4. The standard InChI is InChI=1S/C17H16FNO5S/c1-19(25(2,22)23)15-9-5-12(6-10-15)16(20)11-24-17(21)13-3-7-14(18)8-4-13/h3-10H,11H2,1-2H3. The molecule has 0 N–H and O–H groups in total. The number of anilines is 1. The Morgan fingerprint density at radius 3 is 2.04 bits per heavy atom. The lowest BCUT2D eigenvalue weighted by molar-refractivity contribution is 0.0474. The molecule has 0 heterocycles. The average molecular weight is 365 g/mol. The van der Waals surface area contributed by atoms with Crippen molar-refractivity contribution < 1.29 is 27.1 Å². The predicted molar refractivity (Wildman–Crippen MR) is 90.7 cm³/mol. The summed E-state index contributed by atoms with van der Waals surface area (Å²) in [7, 11) is -1.99. The third-order valence-electron chi connectivity index (χ3n) is 3.46. The van der Waals surface area contributed by atoms with Gasteiger partial charge in [0.05, 0.1) is 17.5 Å². The highest BCUT2D eigenvalue weighted by Gasteiger charge is 2.14. The van der Waals surface area contributed by atoms with Gasteiger partial charge in [0.1, 0.15) is 5.82 Å². The highest BCUT2D eigenvalue weighted by molar-refractivity contribution is 7.92. The predicted octanol–water partition coefficient (Wildman–Crippen LogP) is 2.26. The summed E-state index contributed by atoms with van der Waals surface area (Å²) in [6.45, 7) is -0.475. The average Bonchev–Trinajstić information content (AvgIpc) is 2.58. The van der Waals surface area contributed by atoms with Crippen molar-refractivity contribution in [1.82, 2.24) is 0 Å². The molecule has 0 fully saturated rings. The number of ether oxygens (including phenoxy) is 1. The molecule has 0 aliphatic rings. The van der Waals surface area contributed by atoms with Crippen LogP contribution in [-0.4, -0.2) is 40.1 Å². The van der Waals surface area contributed by atoms with Crippen molar-refractivity contribution in [1.29, 1.82) is 0 Å². The number of Topliss-reactive ketones (excluding diaryl/α,β-unsaturated/α-hetero) is 1. The van der Waals surface area contributed by atoms with Crippen LogP contribution >= 0.6 is 0 Å². The second-order valence-electron chi connectivity index (χ2n) is 5.28. The Bertz CT molecular complexity index is 876. The van der Waals surface area contributed by atoms with Crippen LogP contribution in [0.2, 0.25) is 0 Å². The maximum atomic E-state index is 12.8. The van der Waals surface area contributed by atoms with Crippen LogP contribution in [0, 0.1) is 5.82 Å². The third-order valence-corrected chi connectivity index (χ3v) is 4.67. The summed E-state index contributed by atoms with van der Waals surface area (Å²) >= 11 is 0. The van der Waals surface area contributed by atoms with Crippen LogP contribution in [0.25, 0.3) is 0 Å². The second kappa shape index (κ2) is 7.43. The number of hydrogen-bond donors (Lipinski definition) is 0. The molecule has 6 nitrogen and oxygen atoms in total. The molecule has 0 unspecified atom stereocenters. The van der Waals surface area contributed by atoms with E-state index in [1.54, 1.807) is 0 Å². The van der Waals surface area contributed by atoms with Crippen molar-refractivity contribution in [3.05, 3.63) is 65.5 Å². The molecule has 0 spiro atoms. The maximum Gasteiger partial charge on any atom is 0.338 e. The van der Waals surface area contributed by atoms with E-state index in [0.29, 0.717) is 5.69 Å². The van der Waals surface area contributed by atoms with Crippen molar-refractivity contribution in [3.63, 3.8) is 0 Å². The van der Waals surface area contributed by atoms with Gasteiger partial charge in [-0.1, -0.05) is 0 Å². The number of rotatable bonds is 6. The minimum atomic E-state index is -3.39. The number of nitrogens with zero attached hydrogens (tertiary/aromatic N) is 1. The highest BCUT2D eigenvalue weighted by Crippen LogP contribution is 2.16. The Hall–Kier alpha value is -2.74. The Labute approximate surface area is 144 Å². The molecule has 2 rings (SSSR count). The maximum absolute atomic E-state index is 12.8. The van der Waals surface area contributed by atoms with E-state index in [-0.39, 0.29) is 11.1 Å².